The van der Waals surface area contributed by atoms with Crippen LogP contribution in [0.3, 0.4) is 0 Å². The van der Waals surface area contributed by atoms with Gasteiger partial charge in [0.15, 0.2) is 16.5 Å². The standard InChI is InChI=1S/C12H12ClF3O4S/c1-21(18,19)10-3-2-8(4-5-17)11(13)9(10)6-20-12(15,16)7-14/h2-3,5H,4,6-7H2,1H3. The molecule has 0 aliphatic rings. The zero-order valence-electron chi connectivity index (χ0n) is 10.9. The molecule has 4 nitrogen and oxygen atoms in total. The summed E-state index contributed by atoms with van der Waals surface area (Å²) in [6.45, 7) is -2.95. The molecule has 0 saturated carbocycles. The number of ether oxygens (including phenoxy) is 1. The highest BCUT2D eigenvalue weighted by Gasteiger charge is 2.31. The van der Waals surface area contributed by atoms with Gasteiger partial charge in [-0.2, -0.15) is 8.78 Å². The van der Waals surface area contributed by atoms with Crippen LogP contribution in [0.25, 0.3) is 0 Å². The average molecular weight is 345 g/mol. The molecule has 9 heteroatoms. The average Bonchev–Trinajstić information content (AvgIpc) is 2.38. The lowest BCUT2D eigenvalue weighted by Gasteiger charge is -2.17. The molecule has 0 aliphatic heterocycles. The number of halogens is 4. The van der Waals surface area contributed by atoms with Crippen LogP contribution in [0.15, 0.2) is 17.0 Å². The molecule has 1 aromatic carbocycles. The van der Waals surface area contributed by atoms with Crippen molar-refractivity contribution in [1.29, 1.82) is 0 Å². The third-order valence-electron chi connectivity index (χ3n) is 2.57. The van der Waals surface area contributed by atoms with Crippen molar-refractivity contribution in [3.8, 4) is 0 Å². The van der Waals surface area contributed by atoms with Gasteiger partial charge in [-0.3, -0.25) is 0 Å². The van der Waals surface area contributed by atoms with E-state index in [1.807, 2.05) is 0 Å². The largest absolute Gasteiger partial charge is 0.384 e. The molecule has 0 heterocycles. The molecule has 0 saturated heterocycles. The molecule has 21 heavy (non-hydrogen) atoms. The Morgan fingerprint density at radius 1 is 1.38 bits per heavy atom. The Kier molecular flexibility index (Phi) is 5.77. The second kappa shape index (κ2) is 6.76. The van der Waals surface area contributed by atoms with Crippen LogP contribution < -0.4 is 0 Å². The molecule has 0 radical (unpaired) electrons. The fourth-order valence-electron chi connectivity index (χ4n) is 1.60. The lowest BCUT2D eigenvalue weighted by Crippen LogP contribution is -2.23. The summed E-state index contributed by atoms with van der Waals surface area (Å²) in [4.78, 5) is 10.2. The van der Waals surface area contributed by atoms with Gasteiger partial charge in [0, 0.05) is 18.2 Å². The smallest absolute Gasteiger partial charge is 0.313 e. The van der Waals surface area contributed by atoms with Gasteiger partial charge in [-0.1, -0.05) is 17.7 Å². The molecule has 0 fully saturated rings. The second-order valence-electron chi connectivity index (χ2n) is 4.22. The highest BCUT2D eigenvalue weighted by molar-refractivity contribution is 7.90. The van der Waals surface area contributed by atoms with E-state index in [-0.39, 0.29) is 27.5 Å². The third-order valence-corrected chi connectivity index (χ3v) is 4.22. The van der Waals surface area contributed by atoms with Gasteiger partial charge in [0.1, 0.15) is 6.29 Å². The summed E-state index contributed by atoms with van der Waals surface area (Å²) in [5.41, 5.74) is 0.0351. The molecule has 1 aromatic rings. The zero-order chi connectivity index (χ0) is 16.3. The van der Waals surface area contributed by atoms with Crippen molar-refractivity contribution in [2.45, 2.75) is 24.0 Å². The van der Waals surface area contributed by atoms with E-state index in [0.717, 1.165) is 12.3 Å². The number of sulfone groups is 1. The molecule has 0 atom stereocenters. The zero-order valence-corrected chi connectivity index (χ0v) is 12.5. The summed E-state index contributed by atoms with van der Waals surface area (Å²) in [5.74, 6) is 0. The van der Waals surface area contributed by atoms with Gasteiger partial charge in [0.25, 0.3) is 0 Å². The predicted molar refractivity (Wildman–Crippen MR) is 70.0 cm³/mol. The van der Waals surface area contributed by atoms with Crippen LogP contribution in [0.5, 0.6) is 0 Å². The molecular formula is C12H12ClF3O4S. The van der Waals surface area contributed by atoms with Crippen LogP contribution in [0.2, 0.25) is 5.02 Å². The van der Waals surface area contributed by atoms with Crippen LogP contribution in [-0.4, -0.2) is 33.7 Å². The molecule has 1 rings (SSSR count). The maximum Gasteiger partial charge on any atom is 0.384 e. The number of hydrogen-bond donors (Lipinski definition) is 0. The summed E-state index contributed by atoms with van der Waals surface area (Å²) >= 11 is 5.93. The van der Waals surface area contributed by atoms with Gasteiger partial charge in [-0.15, -0.1) is 0 Å². The van der Waals surface area contributed by atoms with Crippen LogP contribution in [0, 0.1) is 0 Å². The fourth-order valence-corrected chi connectivity index (χ4v) is 2.87. The minimum absolute atomic E-state index is 0.116. The van der Waals surface area contributed by atoms with Crippen molar-refractivity contribution in [3.63, 3.8) is 0 Å². The highest BCUT2D eigenvalue weighted by Crippen LogP contribution is 2.30. The lowest BCUT2D eigenvalue weighted by atomic mass is 10.1. The summed E-state index contributed by atoms with van der Waals surface area (Å²) in [7, 11) is -3.75. The molecule has 0 aliphatic carbocycles. The van der Waals surface area contributed by atoms with Gasteiger partial charge in [-0.05, 0) is 11.6 Å². The number of alkyl halides is 3. The van der Waals surface area contributed by atoms with Crippen molar-refractivity contribution in [2.24, 2.45) is 0 Å². The Bertz CT molecular complexity index is 632. The van der Waals surface area contributed by atoms with Crippen molar-refractivity contribution < 1.29 is 31.1 Å². The maximum absolute atomic E-state index is 12.8. The van der Waals surface area contributed by atoms with Gasteiger partial charge in [0.2, 0.25) is 0 Å². The molecule has 0 N–H and O–H groups in total. The van der Waals surface area contributed by atoms with Crippen molar-refractivity contribution >= 4 is 27.7 Å². The number of carbonyl (C=O) groups excluding carboxylic acids is 1. The Hall–Kier alpha value is -1.12. The van der Waals surface area contributed by atoms with E-state index in [1.165, 1.54) is 6.07 Å². The van der Waals surface area contributed by atoms with Crippen LogP contribution in [-0.2, 0) is 32.4 Å². The van der Waals surface area contributed by atoms with Gasteiger partial charge < -0.3 is 9.53 Å². The first-order valence-corrected chi connectivity index (χ1v) is 7.91. The van der Waals surface area contributed by atoms with E-state index in [9.17, 15) is 26.4 Å². The van der Waals surface area contributed by atoms with E-state index in [0.29, 0.717) is 6.29 Å². The predicted octanol–water partition coefficient (Wildman–Crippen LogP) is 2.56. The van der Waals surface area contributed by atoms with Gasteiger partial charge in [-0.25, -0.2) is 12.8 Å². The van der Waals surface area contributed by atoms with Crippen LogP contribution >= 0.6 is 11.6 Å². The van der Waals surface area contributed by atoms with Gasteiger partial charge >= 0.3 is 6.11 Å². The number of aldehydes is 1. The van der Waals surface area contributed by atoms with E-state index in [2.05, 4.69) is 4.74 Å². The van der Waals surface area contributed by atoms with E-state index >= 15 is 0 Å². The topological polar surface area (TPSA) is 60.4 Å². The summed E-state index contributed by atoms with van der Waals surface area (Å²) in [6, 6.07) is 2.45. The number of rotatable bonds is 7. The van der Waals surface area contributed by atoms with Crippen LogP contribution in [0.4, 0.5) is 13.2 Å². The van der Waals surface area contributed by atoms with Crippen molar-refractivity contribution in [2.75, 3.05) is 12.9 Å². The Labute approximate surface area is 124 Å². The summed E-state index contributed by atoms with van der Waals surface area (Å²) < 4.78 is 65.0. The minimum atomic E-state index is -4.04. The first-order chi connectivity index (χ1) is 9.62. The van der Waals surface area contributed by atoms with E-state index < -0.39 is 29.2 Å². The van der Waals surface area contributed by atoms with E-state index in [4.69, 9.17) is 11.6 Å². The lowest BCUT2D eigenvalue weighted by molar-refractivity contribution is -0.253. The SMILES string of the molecule is CS(=O)(=O)c1ccc(CC=O)c(Cl)c1COC(F)(F)CF. The second-order valence-corrected chi connectivity index (χ2v) is 6.58. The summed E-state index contributed by atoms with van der Waals surface area (Å²) in [6.07, 6.45) is -2.76. The van der Waals surface area contributed by atoms with Gasteiger partial charge in [0.05, 0.1) is 16.5 Å². The first kappa shape index (κ1) is 17.9. The molecule has 0 bridgehead atoms. The third kappa shape index (κ3) is 4.69. The molecular weight excluding hydrogens is 333 g/mol. The number of carbonyl (C=O) groups is 1. The monoisotopic (exact) mass is 344 g/mol. The quantitative estimate of drug-likeness (QED) is 0.713. The number of benzene rings is 1. The maximum atomic E-state index is 12.8. The Morgan fingerprint density at radius 2 is 2.00 bits per heavy atom. The first-order valence-electron chi connectivity index (χ1n) is 5.64. The molecule has 0 spiro atoms. The molecule has 0 aromatic heterocycles. The van der Waals surface area contributed by atoms with E-state index in [1.54, 1.807) is 0 Å². The molecule has 118 valence electrons. The molecule has 0 amide bonds. The number of hydrogen-bond acceptors (Lipinski definition) is 4. The van der Waals surface area contributed by atoms with Crippen molar-refractivity contribution in [1.82, 2.24) is 0 Å². The summed E-state index contributed by atoms with van der Waals surface area (Å²) in [5, 5.41) is -0.167. The Morgan fingerprint density at radius 3 is 2.48 bits per heavy atom. The Balaban J connectivity index is 3.30. The highest BCUT2D eigenvalue weighted by atomic mass is 35.5. The fraction of sp³-hybridized carbons (Fsp3) is 0.417. The van der Waals surface area contributed by atoms with Crippen molar-refractivity contribution in [3.05, 3.63) is 28.3 Å². The molecule has 0 unspecified atom stereocenters. The normalized spacial score (nSPS) is 12.4. The minimum Gasteiger partial charge on any atom is -0.313 e. The van der Waals surface area contributed by atoms with Crippen LogP contribution in [0.1, 0.15) is 11.1 Å².